The van der Waals surface area contributed by atoms with Crippen molar-refractivity contribution in [1.29, 1.82) is 0 Å². The minimum absolute atomic E-state index is 0.0551. The van der Waals surface area contributed by atoms with Crippen LogP contribution in [0.3, 0.4) is 0 Å². The molecule has 1 fully saturated rings. The molecule has 0 spiro atoms. The minimum Gasteiger partial charge on any atom is -0.497 e. The van der Waals surface area contributed by atoms with Crippen molar-refractivity contribution in [2.45, 2.75) is 12.3 Å². The van der Waals surface area contributed by atoms with Crippen molar-refractivity contribution < 1.29 is 23.1 Å². The van der Waals surface area contributed by atoms with Crippen molar-refractivity contribution >= 4 is 23.5 Å². The molecule has 1 saturated heterocycles. The molecule has 1 aromatic heterocycles. The van der Waals surface area contributed by atoms with Gasteiger partial charge in [-0.2, -0.15) is 0 Å². The summed E-state index contributed by atoms with van der Waals surface area (Å²) in [6.07, 6.45) is 0.183. The molecule has 0 saturated carbocycles. The van der Waals surface area contributed by atoms with E-state index in [9.17, 15) is 14.0 Å². The van der Waals surface area contributed by atoms with Crippen LogP contribution in [0.15, 0.2) is 52.9 Å². The van der Waals surface area contributed by atoms with Gasteiger partial charge < -0.3 is 14.1 Å². The summed E-state index contributed by atoms with van der Waals surface area (Å²) in [5.74, 6) is -0.428. The van der Waals surface area contributed by atoms with E-state index in [0.717, 1.165) is 0 Å². The van der Waals surface area contributed by atoms with Gasteiger partial charge >= 0.3 is 6.01 Å². The number of benzene rings is 2. The first-order valence-corrected chi connectivity index (χ1v) is 8.88. The Morgan fingerprint density at radius 1 is 1.24 bits per heavy atom. The van der Waals surface area contributed by atoms with E-state index in [4.69, 9.17) is 9.15 Å². The molecule has 2 heterocycles. The number of methoxy groups -OCH3 is 1. The summed E-state index contributed by atoms with van der Waals surface area (Å²) in [5.41, 5.74) is 0.979. The lowest BCUT2D eigenvalue weighted by atomic mass is 10.1. The normalized spacial score (nSPS) is 16.1. The fraction of sp³-hybridized carbons (Fsp3) is 0.200. The van der Waals surface area contributed by atoms with Crippen molar-refractivity contribution in [3.05, 3.63) is 65.8 Å². The van der Waals surface area contributed by atoms with Crippen LogP contribution in [-0.4, -0.2) is 35.7 Å². The van der Waals surface area contributed by atoms with E-state index in [1.807, 2.05) is 0 Å². The predicted octanol–water partition coefficient (Wildman–Crippen LogP) is 2.99. The number of carbonyl (C=O) groups excluding carboxylic acids is 2. The number of carbonyl (C=O) groups is 2. The van der Waals surface area contributed by atoms with Crippen LogP contribution in [0.5, 0.6) is 5.75 Å². The lowest BCUT2D eigenvalue weighted by Crippen LogP contribution is -2.24. The first kappa shape index (κ1) is 18.6. The fourth-order valence-corrected chi connectivity index (χ4v) is 3.13. The van der Waals surface area contributed by atoms with E-state index < -0.39 is 5.91 Å². The average Bonchev–Trinajstić information content (AvgIpc) is 3.35. The van der Waals surface area contributed by atoms with Gasteiger partial charge in [-0.05, 0) is 42.5 Å². The third kappa shape index (κ3) is 3.93. The zero-order valence-corrected chi connectivity index (χ0v) is 15.5. The Bertz CT molecular complexity index is 1050. The zero-order valence-electron chi connectivity index (χ0n) is 15.5. The molecular weight excluding hydrogens is 379 g/mol. The van der Waals surface area contributed by atoms with Crippen molar-refractivity contribution in [2.75, 3.05) is 23.9 Å². The molecule has 3 aromatic rings. The van der Waals surface area contributed by atoms with E-state index in [1.165, 1.54) is 19.2 Å². The van der Waals surface area contributed by atoms with E-state index >= 15 is 0 Å². The Balaban J connectivity index is 1.44. The van der Waals surface area contributed by atoms with Crippen molar-refractivity contribution in [3.63, 3.8) is 0 Å². The van der Waals surface area contributed by atoms with Gasteiger partial charge in [0, 0.05) is 24.2 Å². The summed E-state index contributed by atoms with van der Waals surface area (Å²) in [6.45, 7) is 0.329. The van der Waals surface area contributed by atoms with Crippen LogP contribution in [0.2, 0.25) is 0 Å². The summed E-state index contributed by atoms with van der Waals surface area (Å²) in [5, 5.41) is 10.3. The molecule has 1 aliphatic heterocycles. The van der Waals surface area contributed by atoms with Crippen LogP contribution in [-0.2, 0) is 4.79 Å². The number of aromatic nitrogens is 2. The zero-order chi connectivity index (χ0) is 20.4. The lowest BCUT2D eigenvalue weighted by Gasteiger charge is -2.15. The predicted molar refractivity (Wildman–Crippen MR) is 101 cm³/mol. The van der Waals surface area contributed by atoms with E-state index in [2.05, 4.69) is 15.5 Å². The molecular formula is C20H17FN4O4. The average molecular weight is 396 g/mol. The Hall–Kier alpha value is -3.75. The Kier molecular flexibility index (Phi) is 4.94. The van der Waals surface area contributed by atoms with Crippen LogP contribution in [0, 0.1) is 5.82 Å². The maximum absolute atomic E-state index is 13.1. The number of ether oxygens (including phenoxy) is 1. The number of hydrogen-bond acceptors (Lipinski definition) is 6. The molecule has 148 valence electrons. The molecule has 9 heteroatoms. The largest absolute Gasteiger partial charge is 0.497 e. The van der Waals surface area contributed by atoms with E-state index in [1.54, 1.807) is 41.3 Å². The third-order valence-corrected chi connectivity index (χ3v) is 4.61. The van der Waals surface area contributed by atoms with Crippen LogP contribution in [0.4, 0.5) is 16.1 Å². The Morgan fingerprint density at radius 3 is 2.79 bits per heavy atom. The second kappa shape index (κ2) is 7.70. The van der Waals surface area contributed by atoms with Crippen LogP contribution < -0.4 is 15.0 Å². The molecule has 0 radical (unpaired) electrons. The number of halogens is 1. The Labute approximate surface area is 165 Å². The van der Waals surface area contributed by atoms with Gasteiger partial charge in [0.1, 0.15) is 11.6 Å². The number of hydrogen-bond donors (Lipinski definition) is 1. The number of anilines is 2. The van der Waals surface area contributed by atoms with Gasteiger partial charge in [-0.15, -0.1) is 5.10 Å². The molecule has 0 bridgehead atoms. The first-order chi connectivity index (χ1) is 14.0. The standard InChI is InChI=1S/C20H17FN4O4/c1-28-16-4-2-3-12(9-16)18(27)22-20-24-23-19(29-20)13-10-17(26)25(11-13)15-7-5-14(21)6-8-15/h2-9,13H,10-11H2,1H3,(H,22,24,27)/t13-/m0/s1. The number of rotatable bonds is 5. The minimum atomic E-state index is -0.422. The lowest BCUT2D eigenvalue weighted by molar-refractivity contribution is -0.117. The second-order valence-electron chi connectivity index (χ2n) is 6.51. The quantitative estimate of drug-likeness (QED) is 0.712. The van der Waals surface area contributed by atoms with Crippen LogP contribution in [0.1, 0.15) is 28.6 Å². The smallest absolute Gasteiger partial charge is 0.322 e. The van der Waals surface area contributed by atoms with Gasteiger partial charge in [-0.25, -0.2) is 4.39 Å². The molecule has 1 N–H and O–H groups in total. The van der Waals surface area contributed by atoms with Crippen LogP contribution >= 0.6 is 0 Å². The molecule has 0 aliphatic carbocycles. The summed E-state index contributed by atoms with van der Waals surface area (Å²) in [6, 6.07) is 12.3. The van der Waals surface area contributed by atoms with Crippen molar-refractivity contribution in [1.82, 2.24) is 10.2 Å². The maximum atomic E-state index is 13.1. The number of nitrogens with zero attached hydrogens (tertiary/aromatic N) is 3. The molecule has 8 nitrogen and oxygen atoms in total. The summed E-state index contributed by atoms with van der Waals surface area (Å²) < 4.78 is 23.8. The van der Waals surface area contributed by atoms with Gasteiger partial charge in [-0.3, -0.25) is 14.9 Å². The molecule has 0 unspecified atom stereocenters. The fourth-order valence-electron chi connectivity index (χ4n) is 3.13. The first-order valence-electron chi connectivity index (χ1n) is 8.88. The topological polar surface area (TPSA) is 97.6 Å². The van der Waals surface area contributed by atoms with E-state index in [0.29, 0.717) is 23.5 Å². The molecule has 2 aromatic carbocycles. The van der Waals surface area contributed by atoms with Gasteiger partial charge in [0.2, 0.25) is 11.8 Å². The summed E-state index contributed by atoms with van der Waals surface area (Å²) >= 11 is 0. The molecule has 4 rings (SSSR count). The highest BCUT2D eigenvalue weighted by molar-refractivity contribution is 6.03. The maximum Gasteiger partial charge on any atom is 0.322 e. The van der Waals surface area contributed by atoms with Crippen molar-refractivity contribution in [3.8, 4) is 5.75 Å². The molecule has 1 aliphatic rings. The summed E-state index contributed by atoms with van der Waals surface area (Å²) in [7, 11) is 1.51. The SMILES string of the molecule is COc1cccc(C(=O)Nc2nnc([C@H]3CC(=O)N(c4ccc(F)cc4)C3)o2)c1. The number of amides is 2. The van der Waals surface area contributed by atoms with Gasteiger partial charge in [-0.1, -0.05) is 11.2 Å². The van der Waals surface area contributed by atoms with Gasteiger partial charge in [0.05, 0.1) is 13.0 Å². The van der Waals surface area contributed by atoms with E-state index in [-0.39, 0.29) is 36.0 Å². The molecule has 2 amide bonds. The van der Waals surface area contributed by atoms with Crippen LogP contribution in [0.25, 0.3) is 0 Å². The van der Waals surface area contributed by atoms with Gasteiger partial charge in [0.25, 0.3) is 5.91 Å². The number of nitrogens with one attached hydrogen (secondary N) is 1. The summed E-state index contributed by atoms with van der Waals surface area (Å²) in [4.78, 5) is 26.2. The molecule has 29 heavy (non-hydrogen) atoms. The second-order valence-corrected chi connectivity index (χ2v) is 6.51. The van der Waals surface area contributed by atoms with Crippen molar-refractivity contribution in [2.24, 2.45) is 0 Å². The van der Waals surface area contributed by atoms with Gasteiger partial charge in [0.15, 0.2) is 0 Å². The molecule has 1 atom stereocenters. The third-order valence-electron chi connectivity index (χ3n) is 4.61. The highest BCUT2D eigenvalue weighted by atomic mass is 19.1. The highest BCUT2D eigenvalue weighted by Crippen LogP contribution is 2.31. The Morgan fingerprint density at radius 2 is 2.03 bits per heavy atom. The monoisotopic (exact) mass is 396 g/mol. The highest BCUT2D eigenvalue weighted by Gasteiger charge is 2.35.